The van der Waals surface area contributed by atoms with E-state index >= 15 is 0 Å². The van der Waals surface area contributed by atoms with E-state index in [1.165, 1.54) is 0 Å². The van der Waals surface area contributed by atoms with Crippen LogP contribution < -0.4 is 10.1 Å². The van der Waals surface area contributed by atoms with Gasteiger partial charge in [0.2, 0.25) is 0 Å². The normalized spacial score (nSPS) is 11.2. The molecule has 0 spiro atoms. The highest BCUT2D eigenvalue weighted by atomic mass is 79.9. The molecule has 106 valence electrons. The molecule has 0 bridgehead atoms. The van der Waals surface area contributed by atoms with Crippen molar-refractivity contribution < 1.29 is 14.6 Å². The topological polar surface area (TPSA) is 58.6 Å². The lowest BCUT2D eigenvalue weighted by molar-refractivity contribution is 0.0816. The molecule has 0 saturated heterocycles. The molecule has 1 aromatic rings. The Morgan fingerprint density at radius 2 is 2.05 bits per heavy atom. The number of amides is 1. The second-order valence-electron chi connectivity index (χ2n) is 4.45. The quantitative estimate of drug-likeness (QED) is 0.843. The highest BCUT2D eigenvalue weighted by Crippen LogP contribution is 2.24. The fraction of sp³-hybridized carbons (Fsp3) is 0.500. The van der Waals surface area contributed by atoms with Crippen LogP contribution in [-0.4, -0.2) is 30.3 Å². The Labute approximate surface area is 122 Å². The Balaban J connectivity index is 3.00. The maximum absolute atomic E-state index is 12.3. The Hall–Kier alpha value is -1.07. The SMILES string of the molecule is CCC(CC)(CO)NC(=O)c1cc(OC)ccc1Br. The van der Waals surface area contributed by atoms with Crippen LogP contribution in [0.2, 0.25) is 0 Å². The van der Waals surface area contributed by atoms with E-state index in [2.05, 4.69) is 21.2 Å². The predicted octanol–water partition coefficient (Wildman–Crippen LogP) is 2.74. The molecule has 19 heavy (non-hydrogen) atoms. The van der Waals surface area contributed by atoms with E-state index in [9.17, 15) is 9.90 Å². The van der Waals surface area contributed by atoms with Crippen LogP contribution in [0.3, 0.4) is 0 Å². The molecule has 1 rings (SSSR count). The second-order valence-corrected chi connectivity index (χ2v) is 5.30. The molecule has 0 fully saturated rings. The highest BCUT2D eigenvalue weighted by Gasteiger charge is 2.28. The van der Waals surface area contributed by atoms with Gasteiger partial charge < -0.3 is 15.2 Å². The minimum absolute atomic E-state index is 0.0761. The third kappa shape index (κ3) is 3.70. The molecule has 5 heteroatoms. The largest absolute Gasteiger partial charge is 0.497 e. The van der Waals surface area contributed by atoms with Crippen molar-refractivity contribution in [3.63, 3.8) is 0 Å². The van der Waals surface area contributed by atoms with E-state index in [-0.39, 0.29) is 12.5 Å². The minimum atomic E-state index is -0.570. The number of benzene rings is 1. The zero-order chi connectivity index (χ0) is 14.5. The van der Waals surface area contributed by atoms with Crippen molar-refractivity contribution in [2.45, 2.75) is 32.2 Å². The summed E-state index contributed by atoms with van der Waals surface area (Å²) in [7, 11) is 1.56. The second kappa shape index (κ2) is 6.91. The monoisotopic (exact) mass is 329 g/mol. The standard InChI is InChI=1S/C14H20BrNO3/c1-4-14(5-2,9-17)16-13(18)11-8-10(19-3)6-7-12(11)15/h6-8,17H,4-5,9H2,1-3H3,(H,16,18). The molecule has 1 aromatic carbocycles. The van der Waals surface area contributed by atoms with Gasteiger partial charge in [-0.05, 0) is 47.0 Å². The van der Waals surface area contributed by atoms with Gasteiger partial charge in [-0.15, -0.1) is 0 Å². The maximum Gasteiger partial charge on any atom is 0.253 e. The van der Waals surface area contributed by atoms with Gasteiger partial charge in [-0.3, -0.25) is 4.79 Å². The van der Waals surface area contributed by atoms with E-state index in [4.69, 9.17) is 4.74 Å². The predicted molar refractivity (Wildman–Crippen MR) is 78.6 cm³/mol. The number of carbonyl (C=O) groups is 1. The summed E-state index contributed by atoms with van der Waals surface area (Å²) >= 11 is 3.35. The number of methoxy groups -OCH3 is 1. The third-order valence-corrected chi connectivity index (χ3v) is 4.14. The first kappa shape index (κ1) is 16.0. The van der Waals surface area contributed by atoms with Gasteiger partial charge in [0.1, 0.15) is 5.75 Å². The van der Waals surface area contributed by atoms with Gasteiger partial charge in [0, 0.05) is 4.47 Å². The summed E-state index contributed by atoms with van der Waals surface area (Å²) in [5.41, 5.74) is -0.0707. The number of halogens is 1. The molecule has 2 N–H and O–H groups in total. The lowest BCUT2D eigenvalue weighted by atomic mass is 9.93. The van der Waals surface area contributed by atoms with Gasteiger partial charge in [-0.1, -0.05) is 13.8 Å². The summed E-state index contributed by atoms with van der Waals surface area (Å²) in [5, 5.41) is 12.4. The van der Waals surface area contributed by atoms with Crippen molar-refractivity contribution in [3.05, 3.63) is 28.2 Å². The molecule has 0 radical (unpaired) electrons. The van der Waals surface area contributed by atoms with Gasteiger partial charge >= 0.3 is 0 Å². The Kier molecular flexibility index (Phi) is 5.82. The number of rotatable bonds is 6. The maximum atomic E-state index is 12.3. The van der Waals surface area contributed by atoms with Crippen molar-refractivity contribution in [2.24, 2.45) is 0 Å². The molecular formula is C14H20BrNO3. The summed E-state index contributed by atoms with van der Waals surface area (Å²) in [6, 6.07) is 5.22. The van der Waals surface area contributed by atoms with Crippen molar-refractivity contribution in [1.82, 2.24) is 5.32 Å². The van der Waals surface area contributed by atoms with E-state index in [0.29, 0.717) is 28.6 Å². The van der Waals surface area contributed by atoms with E-state index in [1.54, 1.807) is 25.3 Å². The van der Waals surface area contributed by atoms with Gasteiger partial charge in [-0.2, -0.15) is 0 Å². The molecule has 0 atom stereocenters. The smallest absolute Gasteiger partial charge is 0.253 e. The molecule has 4 nitrogen and oxygen atoms in total. The van der Waals surface area contributed by atoms with E-state index in [0.717, 1.165) is 0 Å². The molecule has 0 aliphatic rings. The lowest BCUT2D eigenvalue weighted by Crippen LogP contribution is -2.50. The molecular weight excluding hydrogens is 310 g/mol. The van der Waals surface area contributed by atoms with E-state index < -0.39 is 5.54 Å². The number of hydrogen-bond acceptors (Lipinski definition) is 3. The van der Waals surface area contributed by atoms with E-state index in [1.807, 2.05) is 13.8 Å². The number of nitrogens with one attached hydrogen (secondary N) is 1. The van der Waals surface area contributed by atoms with Crippen LogP contribution in [0, 0.1) is 0 Å². The van der Waals surface area contributed by atoms with Crippen LogP contribution >= 0.6 is 15.9 Å². The Morgan fingerprint density at radius 1 is 1.42 bits per heavy atom. The fourth-order valence-corrected chi connectivity index (χ4v) is 2.23. The van der Waals surface area contributed by atoms with Gasteiger partial charge in [0.05, 0.1) is 24.8 Å². The van der Waals surface area contributed by atoms with Crippen LogP contribution in [0.5, 0.6) is 5.75 Å². The van der Waals surface area contributed by atoms with Crippen molar-refractivity contribution in [2.75, 3.05) is 13.7 Å². The molecule has 0 unspecified atom stereocenters. The molecule has 0 saturated carbocycles. The summed E-state index contributed by atoms with van der Waals surface area (Å²) in [5.74, 6) is 0.402. The summed E-state index contributed by atoms with van der Waals surface area (Å²) in [6.07, 6.45) is 1.35. The zero-order valence-electron chi connectivity index (χ0n) is 11.5. The van der Waals surface area contributed by atoms with Crippen LogP contribution in [-0.2, 0) is 0 Å². The van der Waals surface area contributed by atoms with Crippen molar-refractivity contribution in [1.29, 1.82) is 0 Å². The van der Waals surface area contributed by atoms with Crippen molar-refractivity contribution >= 4 is 21.8 Å². The van der Waals surface area contributed by atoms with Crippen LogP contribution in [0.15, 0.2) is 22.7 Å². The number of carbonyl (C=O) groups excluding carboxylic acids is 1. The summed E-state index contributed by atoms with van der Waals surface area (Å²) < 4.78 is 5.82. The van der Waals surface area contributed by atoms with Crippen LogP contribution in [0.4, 0.5) is 0 Å². The lowest BCUT2D eigenvalue weighted by Gasteiger charge is -2.30. The molecule has 1 amide bonds. The third-order valence-electron chi connectivity index (χ3n) is 3.45. The average Bonchev–Trinajstić information content (AvgIpc) is 2.45. The molecule has 0 aliphatic carbocycles. The first-order chi connectivity index (χ1) is 9.01. The Morgan fingerprint density at radius 3 is 2.53 bits per heavy atom. The van der Waals surface area contributed by atoms with Gasteiger partial charge in [0.15, 0.2) is 0 Å². The summed E-state index contributed by atoms with van der Waals surface area (Å²) in [4.78, 5) is 12.3. The summed E-state index contributed by atoms with van der Waals surface area (Å²) in [6.45, 7) is 3.81. The number of ether oxygens (including phenoxy) is 1. The number of aliphatic hydroxyl groups is 1. The number of hydrogen-bond donors (Lipinski definition) is 2. The minimum Gasteiger partial charge on any atom is -0.497 e. The molecule has 0 aromatic heterocycles. The van der Waals surface area contributed by atoms with Gasteiger partial charge in [-0.25, -0.2) is 0 Å². The van der Waals surface area contributed by atoms with Crippen LogP contribution in [0.25, 0.3) is 0 Å². The average molecular weight is 330 g/mol. The zero-order valence-corrected chi connectivity index (χ0v) is 13.1. The number of aliphatic hydroxyl groups excluding tert-OH is 1. The fourth-order valence-electron chi connectivity index (χ4n) is 1.80. The first-order valence-electron chi connectivity index (χ1n) is 6.28. The van der Waals surface area contributed by atoms with Gasteiger partial charge in [0.25, 0.3) is 5.91 Å². The van der Waals surface area contributed by atoms with Crippen molar-refractivity contribution in [3.8, 4) is 5.75 Å². The first-order valence-corrected chi connectivity index (χ1v) is 7.08. The highest BCUT2D eigenvalue weighted by molar-refractivity contribution is 9.10. The van der Waals surface area contributed by atoms with Crippen LogP contribution in [0.1, 0.15) is 37.0 Å². The molecule has 0 aliphatic heterocycles. The Bertz CT molecular complexity index is 436. The molecule has 0 heterocycles.